The van der Waals surface area contributed by atoms with Gasteiger partial charge in [0, 0.05) is 52.7 Å². The van der Waals surface area contributed by atoms with Crippen LogP contribution in [0.5, 0.6) is 0 Å². The predicted molar refractivity (Wildman–Crippen MR) is 101 cm³/mol. The van der Waals surface area contributed by atoms with Gasteiger partial charge in [-0.25, -0.2) is 0 Å². The molecular formula is C19H29N5. The van der Waals surface area contributed by atoms with Crippen molar-refractivity contribution in [2.24, 2.45) is 12.0 Å². The number of likely N-dealkylation sites (N-methyl/N-ethyl adjacent to an activating group) is 1. The molecule has 2 rings (SSSR count). The molecule has 0 unspecified atom stereocenters. The Hall–Kier alpha value is -2.27. The lowest BCUT2D eigenvalue weighted by atomic mass is 10.2. The van der Waals surface area contributed by atoms with Gasteiger partial charge in [-0.05, 0) is 24.7 Å². The van der Waals surface area contributed by atoms with Crippen LogP contribution in [-0.2, 0) is 20.1 Å². The average molecular weight is 327 g/mol. The van der Waals surface area contributed by atoms with Crippen molar-refractivity contribution in [3.05, 3.63) is 59.9 Å². The van der Waals surface area contributed by atoms with E-state index in [0.29, 0.717) is 0 Å². The Labute approximate surface area is 145 Å². The molecule has 2 aromatic rings. The van der Waals surface area contributed by atoms with Gasteiger partial charge in [-0.2, -0.15) is 0 Å². The van der Waals surface area contributed by atoms with E-state index >= 15 is 0 Å². The molecule has 0 saturated heterocycles. The maximum Gasteiger partial charge on any atom is 0.193 e. The number of nitrogens with one attached hydrogen (secondary N) is 1. The number of aromatic nitrogens is 1. The summed E-state index contributed by atoms with van der Waals surface area (Å²) in [6.45, 7) is 3.63. The highest BCUT2D eigenvalue weighted by atomic mass is 15.3. The van der Waals surface area contributed by atoms with Crippen molar-refractivity contribution in [3.8, 4) is 0 Å². The van der Waals surface area contributed by atoms with Crippen LogP contribution in [0.4, 0.5) is 0 Å². The number of guanidine groups is 1. The summed E-state index contributed by atoms with van der Waals surface area (Å²) in [6.07, 6.45) is 2.07. The van der Waals surface area contributed by atoms with Crippen molar-refractivity contribution in [2.45, 2.75) is 13.1 Å². The van der Waals surface area contributed by atoms with Crippen LogP contribution in [-0.4, -0.2) is 54.6 Å². The zero-order chi connectivity index (χ0) is 17.4. The molecule has 0 bridgehead atoms. The molecule has 0 amide bonds. The van der Waals surface area contributed by atoms with Gasteiger partial charge in [0.15, 0.2) is 5.96 Å². The number of aliphatic imine (C=N–C) groups is 1. The van der Waals surface area contributed by atoms with Crippen LogP contribution in [0.3, 0.4) is 0 Å². The molecule has 0 spiro atoms. The van der Waals surface area contributed by atoms with Crippen LogP contribution in [0, 0.1) is 0 Å². The molecule has 130 valence electrons. The number of hydrogen-bond acceptors (Lipinski definition) is 2. The van der Waals surface area contributed by atoms with Gasteiger partial charge in [0.05, 0.1) is 6.54 Å². The normalized spacial score (nSPS) is 11.8. The smallest absolute Gasteiger partial charge is 0.193 e. The molecule has 0 atom stereocenters. The minimum Gasteiger partial charge on any atom is -0.355 e. The van der Waals surface area contributed by atoms with Crippen molar-refractivity contribution in [1.29, 1.82) is 0 Å². The SMILES string of the molecule is CN=C(NCCN(C)Cc1ccccc1)N(C)Cc1cccn1C. The molecule has 5 nitrogen and oxygen atoms in total. The average Bonchev–Trinajstić information content (AvgIpc) is 2.97. The Kier molecular flexibility index (Phi) is 6.88. The zero-order valence-electron chi connectivity index (χ0n) is 15.2. The number of benzene rings is 1. The van der Waals surface area contributed by atoms with Crippen molar-refractivity contribution in [1.82, 2.24) is 19.7 Å². The summed E-state index contributed by atoms with van der Waals surface area (Å²) >= 11 is 0. The van der Waals surface area contributed by atoms with Gasteiger partial charge in [-0.15, -0.1) is 0 Å². The first-order valence-electron chi connectivity index (χ1n) is 8.34. The van der Waals surface area contributed by atoms with Crippen LogP contribution in [0.25, 0.3) is 0 Å². The Bertz CT molecular complexity index is 632. The van der Waals surface area contributed by atoms with Crippen molar-refractivity contribution in [2.75, 3.05) is 34.2 Å². The fraction of sp³-hybridized carbons (Fsp3) is 0.421. The lowest BCUT2D eigenvalue weighted by molar-refractivity contribution is 0.328. The third kappa shape index (κ3) is 5.42. The molecule has 1 aromatic carbocycles. The summed E-state index contributed by atoms with van der Waals surface area (Å²) in [4.78, 5) is 8.84. The first-order valence-corrected chi connectivity index (χ1v) is 8.34. The van der Waals surface area contributed by atoms with Gasteiger partial charge in [0.25, 0.3) is 0 Å². The van der Waals surface area contributed by atoms with Gasteiger partial charge >= 0.3 is 0 Å². The summed E-state index contributed by atoms with van der Waals surface area (Å²) in [6, 6.07) is 14.8. The number of aryl methyl sites for hydroxylation is 1. The van der Waals surface area contributed by atoms with E-state index in [-0.39, 0.29) is 0 Å². The number of nitrogens with zero attached hydrogens (tertiary/aromatic N) is 4. The summed E-state index contributed by atoms with van der Waals surface area (Å²) < 4.78 is 2.14. The van der Waals surface area contributed by atoms with Crippen LogP contribution >= 0.6 is 0 Å². The predicted octanol–water partition coefficient (Wildman–Crippen LogP) is 2.16. The lowest BCUT2D eigenvalue weighted by Crippen LogP contribution is -2.41. The Morgan fingerprint density at radius 1 is 1.08 bits per heavy atom. The second kappa shape index (κ2) is 9.13. The summed E-state index contributed by atoms with van der Waals surface area (Å²) in [5.74, 6) is 0.921. The van der Waals surface area contributed by atoms with Crippen molar-refractivity contribution >= 4 is 5.96 Å². The highest BCUT2D eigenvalue weighted by molar-refractivity contribution is 5.79. The summed E-state index contributed by atoms with van der Waals surface area (Å²) in [5, 5.41) is 3.44. The van der Waals surface area contributed by atoms with E-state index in [1.165, 1.54) is 11.3 Å². The molecule has 24 heavy (non-hydrogen) atoms. The highest BCUT2D eigenvalue weighted by Gasteiger charge is 2.08. The molecule has 1 heterocycles. The van der Waals surface area contributed by atoms with E-state index in [1.54, 1.807) is 0 Å². The molecule has 0 aliphatic rings. The van der Waals surface area contributed by atoms with E-state index < -0.39 is 0 Å². The molecule has 0 aliphatic carbocycles. The van der Waals surface area contributed by atoms with E-state index in [1.807, 2.05) is 7.05 Å². The standard InChI is InChI=1S/C19H29N5/c1-20-19(24(4)16-18-11-8-13-23(18)3)21-12-14-22(2)15-17-9-6-5-7-10-17/h5-11,13H,12,14-16H2,1-4H3,(H,20,21). The highest BCUT2D eigenvalue weighted by Crippen LogP contribution is 2.04. The van der Waals surface area contributed by atoms with E-state index in [2.05, 4.69) is 94.5 Å². The van der Waals surface area contributed by atoms with Gasteiger partial charge in [-0.3, -0.25) is 4.99 Å². The van der Waals surface area contributed by atoms with Crippen LogP contribution in [0.1, 0.15) is 11.3 Å². The largest absolute Gasteiger partial charge is 0.355 e. The summed E-state index contributed by atoms with van der Waals surface area (Å²) in [5.41, 5.74) is 2.60. The van der Waals surface area contributed by atoms with Gasteiger partial charge in [0.1, 0.15) is 0 Å². The monoisotopic (exact) mass is 327 g/mol. The van der Waals surface area contributed by atoms with Gasteiger partial charge in [0.2, 0.25) is 0 Å². The quantitative estimate of drug-likeness (QED) is 0.625. The molecule has 0 fully saturated rings. The molecule has 5 heteroatoms. The van der Waals surface area contributed by atoms with Gasteiger partial charge < -0.3 is 19.7 Å². The second-order valence-electron chi connectivity index (χ2n) is 6.16. The van der Waals surface area contributed by atoms with Crippen molar-refractivity contribution < 1.29 is 0 Å². The van der Waals surface area contributed by atoms with E-state index in [9.17, 15) is 0 Å². The molecular weight excluding hydrogens is 298 g/mol. The molecule has 0 radical (unpaired) electrons. The maximum absolute atomic E-state index is 4.38. The fourth-order valence-electron chi connectivity index (χ4n) is 2.70. The van der Waals surface area contributed by atoms with Crippen LogP contribution in [0.15, 0.2) is 53.7 Å². The molecule has 0 saturated carbocycles. The first-order chi connectivity index (χ1) is 11.6. The molecule has 1 aromatic heterocycles. The number of hydrogen-bond donors (Lipinski definition) is 1. The first kappa shape index (κ1) is 18.1. The zero-order valence-corrected chi connectivity index (χ0v) is 15.2. The molecule has 1 N–H and O–H groups in total. The Morgan fingerprint density at radius 3 is 2.46 bits per heavy atom. The van der Waals surface area contributed by atoms with Crippen molar-refractivity contribution in [3.63, 3.8) is 0 Å². The molecule has 0 aliphatic heterocycles. The second-order valence-corrected chi connectivity index (χ2v) is 6.16. The third-order valence-electron chi connectivity index (χ3n) is 4.10. The van der Waals surface area contributed by atoms with E-state index in [0.717, 1.165) is 32.1 Å². The van der Waals surface area contributed by atoms with Crippen LogP contribution in [0.2, 0.25) is 0 Å². The number of rotatable bonds is 7. The minimum atomic E-state index is 0.836. The minimum absolute atomic E-state index is 0.836. The lowest BCUT2D eigenvalue weighted by Gasteiger charge is -2.24. The summed E-state index contributed by atoms with van der Waals surface area (Å²) in [7, 11) is 8.11. The third-order valence-corrected chi connectivity index (χ3v) is 4.10. The van der Waals surface area contributed by atoms with Gasteiger partial charge in [-0.1, -0.05) is 30.3 Å². The Balaban J connectivity index is 1.76. The Morgan fingerprint density at radius 2 is 1.83 bits per heavy atom. The maximum atomic E-state index is 4.38. The van der Waals surface area contributed by atoms with E-state index in [4.69, 9.17) is 0 Å². The van der Waals surface area contributed by atoms with Crippen LogP contribution < -0.4 is 5.32 Å². The fourth-order valence-corrected chi connectivity index (χ4v) is 2.70. The topological polar surface area (TPSA) is 35.8 Å².